The van der Waals surface area contributed by atoms with E-state index < -0.39 is 0 Å². The van der Waals surface area contributed by atoms with Crippen molar-refractivity contribution in [2.75, 3.05) is 20.2 Å². The van der Waals surface area contributed by atoms with Gasteiger partial charge in [0.05, 0.1) is 24.9 Å². The minimum absolute atomic E-state index is 0.110. The largest absolute Gasteiger partial charge is 0.481 e. The monoisotopic (exact) mass is 223 g/mol. The van der Waals surface area contributed by atoms with E-state index in [1.807, 2.05) is 13.8 Å². The fourth-order valence-electron chi connectivity index (χ4n) is 1.91. The molecule has 3 N–H and O–H groups in total. The lowest BCUT2D eigenvalue weighted by Crippen LogP contribution is -2.44. The zero-order valence-electron chi connectivity index (χ0n) is 9.82. The van der Waals surface area contributed by atoms with Crippen LogP contribution in [-0.2, 0) is 4.74 Å². The third-order valence-electron chi connectivity index (χ3n) is 2.70. The molecule has 2 rings (SSSR count). The number of hydrazine groups is 1. The maximum Gasteiger partial charge on any atom is 0.218 e. The van der Waals surface area contributed by atoms with E-state index in [4.69, 9.17) is 10.6 Å². The molecule has 2 heterocycles. The van der Waals surface area contributed by atoms with Gasteiger partial charge in [0.25, 0.3) is 0 Å². The van der Waals surface area contributed by atoms with Gasteiger partial charge in [0, 0.05) is 6.54 Å². The predicted octanol–water partition coefficient (Wildman–Crippen LogP) is -0.158. The number of hydrogen-bond acceptors (Lipinski definition) is 6. The van der Waals surface area contributed by atoms with Crippen molar-refractivity contribution < 1.29 is 4.74 Å². The highest BCUT2D eigenvalue weighted by atomic mass is 16.5. The summed E-state index contributed by atoms with van der Waals surface area (Å²) in [6, 6.07) is 0. The molecule has 0 aromatic rings. The Hall–Kier alpha value is -1.56. The number of aliphatic imine (C=N–C) groups is 2. The first-order valence-electron chi connectivity index (χ1n) is 5.30. The van der Waals surface area contributed by atoms with Gasteiger partial charge in [0.1, 0.15) is 12.0 Å². The third kappa shape index (κ3) is 1.65. The topological polar surface area (TPSA) is 75.2 Å². The van der Waals surface area contributed by atoms with Gasteiger partial charge in [-0.15, -0.1) is 0 Å². The van der Waals surface area contributed by atoms with Gasteiger partial charge in [0.2, 0.25) is 5.88 Å². The van der Waals surface area contributed by atoms with Crippen LogP contribution in [0.4, 0.5) is 0 Å². The number of nitrogens with zero attached hydrogens (tertiary/aromatic N) is 3. The first-order valence-corrected chi connectivity index (χ1v) is 5.30. The molecule has 6 nitrogen and oxygen atoms in total. The van der Waals surface area contributed by atoms with Gasteiger partial charge in [0.15, 0.2) is 0 Å². The number of rotatable bonds is 2. The lowest BCUT2D eigenvalue weighted by molar-refractivity contribution is 0.121. The summed E-state index contributed by atoms with van der Waals surface area (Å²) in [5.74, 6) is 7.35. The summed E-state index contributed by atoms with van der Waals surface area (Å²) in [6.07, 6.45) is -0.110. The molecule has 0 spiro atoms. The molecular weight excluding hydrogens is 206 g/mol. The number of nitrogens with two attached hydrogens (primary N) is 1. The van der Waals surface area contributed by atoms with Crippen LogP contribution in [-0.4, -0.2) is 42.9 Å². The number of methoxy groups -OCH3 is 1. The Labute approximate surface area is 94.8 Å². The first kappa shape index (κ1) is 10.9. The van der Waals surface area contributed by atoms with E-state index in [1.165, 1.54) is 5.01 Å². The summed E-state index contributed by atoms with van der Waals surface area (Å²) in [6.45, 7) is 5.50. The molecule has 0 aliphatic carbocycles. The quantitative estimate of drug-likeness (QED) is 0.638. The second-order valence-corrected chi connectivity index (χ2v) is 3.80. The average molecular weight is 223 g/mol. The van der Waals surface area contributed by atoms with Crippen LogP contribution in [0.5, 0.6) is 0 Å². The van der Waals surface area contributed by atoms with Crippen molar-refractivity contribution in [1.29, 1.82) is 0 Å². The minimum Gasteiger partial charge on any atom is -0.481 e. The van der Waals surface area contributed by atoms with Gasteiger partial charge < -0.3 is 10.1 Å². The summed E-state index contributed by atoms with van der Waals surface area (Å²) >= 11 is 0. The molecule has 2 aliphatic rings. The van der Waals surface area contributed by atoms with Crippen LogP contribution in [0.2, 0.25) is 0 Å². The highest BCUT2D eigenvalue weighted by molar-refractivity contribution is 6.23. The third-order valence-corrected chi connectivity index (χ3v) is 2.70. The van der Waals surface area contributed by atoms with Crippen molar-refractivity contribution in [2.45, 2.75) is 20.0 Å². The molecule has 2 aliphatic heterocycles. The van der Waals surface area contributed by atoms with Crippen LogP contribution in [0, 0.1) is 0 Å². The van der Waals surface area contributed by atoms with Crippen LogP contribution in [0.3, 0.4) is 0 Å². The molecule has 0 fully saturated rings. The molecule has 1 unspecified atom stereocenters. The Balaban J connectivity index is 2.44. The Bertz CT molecular complexity index is 385. The Kier molecular flexibility index (Phi) is 2.82. The van der Waals surface area contributed by atoms with E-state index in [9.17, 15) is 0 Å². The maximum atomic E-state index is 5.91. The molecule has 0 saturated carbocycles. The van der Waals surface area contributed by atoms with Crippen LogP contribution in [0.15, 0.2) is 21.4 Å². The molecule has 0 aromatic heterocycles. The van der Waals surface area contributed by atoms with Crippen LogP contribution in [0.1, 0.15) is 13.8 Å². The van der Waals surface area contributed by atoms with Crippen LogP contribution >= 0.6 is 0 Å². The smallest absolute Gasteiger partial charge is 0.218 e. The molecular formula is C10H17N5O. The van der Waals surface area contributed by atoms with Gasteiger partial charge in [-0.05, 0) is 13.8 Å². The van der Waals surface area contributed by atoms with Gasteiger partial charge >= 0.3 is 0 Å². The van der Waals surface area contributed by atoms with E-state index in [0.29, 0.717) is 5.88 Å². The number of hydrogen-bond donors (Lipinski definition) is 2. The second-order valence-electron chi connectivity index (χ2n) is 3.80. The van der Waals surface area contributed by atoms with Crippen molar-refractivity contribution in [3.05, 3.63) is 11.5 Å². The minimum atomic E-state index is -0.110. The van der Waals surface area contributed by atoms with E-state index in [-0.39, 0.29) is 6.17 Å². The summed E-state index contributed by atoms with van der Waals surface area (Å²) < 4.78 is 5.35. The van der Waals surface area contributed by atoms with Gasteiger partial charge in [-0.3, -0.25) is 15.0 Å². The standard InChI is InChI=1S/C10H17N5O/c1-6-8(9-12-4-5-13-9)10(16-3)15(11)7(2)14-6/h7H,4-5,11H2,1-3H3,(H,12,13). The summed E-state index contributed by atoms with van der Waals surface area (Å²) in [5, 5.41) is 4.72. The highest BCUT2D eigenvalue weighted by Gasteiger charge is 2.29. The number of ether oxygens (including phenoxy) is 1. The highest BCUT2D eigenvalue weighted by Crippen LogP contribution is 2.20. The Morgan fingerprint density at radius 2 is 2.31 bits per heavy atom. The van der Waals surface area contributed by atoms with Gasteiger partial charge in [-0.1, -0.05) is 0 Å². The summed E-state index contributed by atoms with van der Waals surface area (Å²) in [7, 11) is 1.61. The zero-order chi connectivity index (χ0) is 11.7. The van der Waals surface area contributed by atoms with Crippen molar-refractivity contribution in [1.82, 2.24) is 10.3 Å². The van der Waals surface area contributed by atoms with Crippen LogP contribution in [0.25, 0.3) is 0 Å². The lowest BCUT2D eigenvalue weighted by Gasteiger charge is -2.31. The fraction of sp³-hybridized carbons (Fsp3) is 0.600. The normalized spacial score (nSPS) is 25.2. The first-order chi connectivity index (χ1) is 7.65. The Morgan fingerprint density at radius 3 is 2.88 bits per heavy atom. The SMILES string of the molecule is COC1=C(C2=NCCN2)C(C)=NC(C)N1N. The van der Waals surface area contributed by atoms with E-state index in [0.717, 1.165) is 30.2 Å². The fourth-order valence-corrected chi connectivity index (χ4v) is 1.91. The predicted molar refractivity (Wildman–Crippen MR) is 62.9 cm³/mol. The number of amidine groups is 1. The maximum absolute atomic E-state index is 5.91. The second kappa shape index (κ2) is 4.13. The zero-order valence-corrected chi connectivity index (χ0v) is 9.82. The lowest BCUT2D eigenvalue weighted by atomic mass is 10.1. The van der Waals surface area contributed by atoms with Crippen molar-refractivity contribution in [3.63, 3.8) is 0 Å². The number of nitrogens with one attached hydrogen (secondary N) is 1. The van der Waals surface area contributed by atoms with E-state index >= 15 is 0 Å². The Morgan fingerprint density at radius 1 is 1.56 bits per heavy atom. The van der Waals surface area contributed by atoms with Crippen LogP contribution < -0.4 is 11.2 Å². The molecule has 6 heteroatoms. The van der Waals surface area contributed by atoms with E-state index in [2.05, 4.69) is 15.3 Å². The molecule has 1 atom stereocenters. The summed E-state index contributed by atoms with van der Waals surface area (Å²) in [5.41, 5.74) is 1.76. The van der Waals surface area contributed by atoms with Gasteiger partial charge in [-0.2, -0.15) is 0 Å². The molecule has 0 radical (unpaired) electrons. The molecule has 88 valence electrons. The molecule has 16 heavy (non-hydrogen) atoms. The molecule has 0 amide bonds. The average Bonchev–Trinajstić information content (AvgIpc) is 2.76. The van der Waals surface area contributed by atoms with Crippen molar-refractivity contribution in [3.8, 4) is 0 Å². The molecule has 0 aromatic carbocycles. The van der Waals surface area contributed by atoms with Crippen molar-refractivity contribution >= 4 is 11.5 Å². The van der Waals surface area contributed by atoms with E-state index in [1.54, 1.807) is 7.11 Å². The van der Waals surface area contributed by atoms with Gasteiger partial charge in [-0.25, -0.2) is 5.84 Å². The molecule has 0 saturated heterocycles. The summed E-state index contributed by atoms with van der Waals surface area (Å²) in [4.78, 5) is 8.82. The molecule has 0 bridgehead atoms. The van der Waals surface area contributed by atoms with Crippen molar-refractivity contribution in [2.24, 2.45) is 15.8 Å².